The summed E-state index contributed by atoms with van der Waals surface area (Å²) in [6.07, 6.45) is 0.887. The third kappa shape index (κ3) is 2.54. The first-order valence-corrected chi connectivity index (χ1v) is 5.19. The molecule has 0 aliphatic carbocycles. The highest BCUT2D eigenvalue weighted by Gasteiger charge is 2.06. The Morgan fingerprint density at radius 2 is 2.29 bits per heavy atom. The first kappa shape index (κ1) is 11.4. The van der Waals surface area contributed by atoms with Gasteiger partial charge in [0.2, 0.25) is 5.91 Å². The van der Waals surface area contributed by atoms with Crippen LogP contribution < -0.4 is 11.6 Å². The van der Waals surface area contributed by atoms with Crippen LogP contribution in [0.4, 0.5) is 0 Å². The Bertz CT molecular complexity index is 597. The fraction of sp³-hybridized carbons (Fsp3) is 0.273. The topological polar surface area (TPSA) is 92.3 Å². The average molecular weight is 235 g/mol. The SMILES string of the molecule is CN(N)C(=O)CCc1ccc2[nH]c(=O)oc2c1. The number of hydrogen-bond acceptors (Lipinski definition) is 4. The van der Waals surface area contributed by atoms with E-state index in [2.05, 4.69) is 4.98 Å². The molecule has 3 N–H and O–H groups in total. The minimum atomic E-state index is -0.477. The smallest absolute Gasteiger partial charge is 0.408 e. The number of carbonyl (C=O) groups is 1. The van der Waals surface area contributed by atoms with Crippen molar-refractivity contribution in [2.45, 2.75) is 12.8 Å². The van der Waals surface area contributed by atoms with E-state index in [0.717, 1.165) is 10.6 Å². The van der Waals surface area contributed by atoms with Crippen molar-refractivity contribution in [3.05, 3.63) is 34.3 Å². The zero-order valence-corrected chi connectivity index (χ0v) is 9.40. The van der Waals surface area contributed by atoms with E-state index < -0.39 is 5.76 Å². The number of carbonyl (C=O) groups excluding carboxylic acids is 1. The predicted molar refractivity (Wildman–Crippen MR) is 62.1 cm³/mol. The van der Waals surface area contributed by atoms with E-state index in [4.69, 9.17) is 10.3 Å². The highest BCUT2D eigenvalue weighted by Crippen LogP contribution is 2.13. The number of aromatic nitrogens is 1. The summed E-state index contributed by atoms with van der Waals surface area (Å²) in [5.41, 5.74) is 2.08. The van der Waals surface area contributed by atoms with Crippen LogP contribution in [0.3, 0.4) is 0 Å². The molecule has 0 unspecified atom stereocenters. The maximum absolute atomic E-state index is 11.3. The van der Waals surface area contributed by atoms with Gasteiger partial charge in [-0.25, -0.2) is 10.6 Å². The van der Waals surface area contributed by atoms with Gasteiger partial charge in [-0.1, -0.05) is 6.07 Å². The summed E-state index contributed by atoms with van der Waals surface area (Å²) in [5.74, 6) is 4.70. The monoisotopic (exact) mass is 235 g/mol. The number of nitrogens with two attached hydrogens (primary N) is 1. The minimum absolute atomic E-state index is 0.138. The lowest BCUT2D eigenvalue weighted by atomic mass is 10.1. The van der Waals surface area contributed by atoms with Crippen LogP contribution in [0.1, 0.15) is 12.0 Å². The molecule has 1 aromatic heterocycles. The second kappa shape index (κ2) is 4.42. The van der Waals surface area contributed by atoms with Gasteiger partial charge in [0, 0.05) is 13.5 Å². The Labute approximate surface area is 97.0 Å². The number of amides is 1. The summed E-state index contributed by atoms with van der Waals surface area (Å²) in [6, 6.07) is 5.35. The first-order valence-electron chi connectivity index (χ1n) is 5.19. The summed E-state index contributed by atoms with van der Waals surface area (Å²) in [4.78, 5) is 24.8. The predicted octanol–water partition coefficient (Wildman–Crippen LogP) is 0.386. The lowest BCUT2D eigenvalue weighted by molar-refractivity contribution is -0.130. The number of hydrazine groups is 1. The van der Waals surface area contributed by atoms with Crippen molar-refractivity contribution < 1.29 is 9.21 Å². The number of benzene rings is 1. The zero-order valence-electron chi connectivity index (χ0n) is 9.40. The summed E-state index contributed by atoms with van der Waals surface area (Å²) in [7, 11) is 1.51. The molecule has 0 aliphatic rings. The van der Waals surface area contributed by atoms with Crippen molar-refractivity contribution in [1.29, 1.82) is 0 Å². The van der Waals surface area contributed by atoms with Gasteiger partial charge in [-0.15, -0.1) is 0 Å². The van der Waals surface area contributed by atoms with Crippen LogP contribution in [-0.2, 0) is 11.2 Å². The van der Waals surface area contributed by atoms with E-state index in [1.165, 1.54) is 7.05 Å². The van der Waals surface area contributed by atoms with Crippen LogP contribution >= 0.6 is 0 Å². The van der Waals surface area contributed by atoms with E-state index >= 15 is 0 Å². The number of oxazole rings is 1. The van der Waals surface area contributed by atoms with Gasteiger partial charge in [-0.05, 0) is 24.1 Å². The Balaban J connectivity index is 2.14. The quantitative estimate of drug-likeness (QED) is 0.457. The fourth-order valence-corrected chi connectivity index (χ4v) is 1.57. The van der Waals surface area contributed by atoms with Crippen molar-refractivity contribution in [2.24, 2.45) is 5.84 Å². The fourth-order valence-electron chi connectivity index (χ4n) is 1.57. The Morgan fingerprint density at radius 1 is 1.53 bits per heavy atom. The van der Waals surface area contributed by atoms with Crippen molar-refractivity contribution in [3.63, 3.8) is 0 Å². The number of nitrogens with zero attached hydrogens (tertiary/aromatic N) is 1. The second-order valence-electron chi connectivity index (χ2n) is 3.85. The molecule has 6 nitrogen and oxygen atoms in total. The van der Waals surface area contributed by atoms with Gasteiger partial charge < -0.3 is 4.42 Å². The Kier molecular flexibility index (Phi) is 2.97. The molecule has 2 aromatic rings. The van der Waals surface area contributed by atoms with Crippen LogP contribution in [0.5, 0.6) is 0 Å². The highest BCUT2D eigenvalue weighted by molar-refractivity contribution is 5.76. The van der Waals surface area contributed by atoms with E-state index in [9.17, 15) is 9.59 Å². The van der Waals surface area contributed by atoms with E-state index in [1.807, 2.05) is 6.07 Å². The van der Waals surface area contributed by atoms with Crippen LogP contribution in [0.2, 0.25) is 0 Å². The maximum atomic E-state index is 11.3. The lowest BCUT2D eigenvalue weighted by Crippen LogP contribution is -2.33. The summed E-state index contributed by atoms with van der Waals surface area (Å²) in [6.45, 7) is 0. The minimum Gasteiger partial charge on any atom is -0.408 e. The number of rotatable bonds is 3. The molecular formula is C11H13N3O3. The maximum Gasteiger partial charge on any atom is 0.417 e. The first-order chi connectivity index (χ1) is 8.06. The van der Waals surface area contributed by atoms with E-state index in [1.54, 1.807) is 12.1 Å². The highest BCUT2D eigenvalue weighted by atomic mass is 16.4. The normalized spacial score (nSPS) is 10.7. The molecule has 1 aromatic carbocycles. The van der Waals surface area contributed by atoms with Crippen molar-refractivity contribution in [1.82, 2.24) is 9.99 Å². The largest absolute Gasteiger partial charge is 0.417 e. The van der Waals surface area contributed by atoms with E-state index in [0.29, 0.717) is 23.9 Å². The number of hydrogen-bond donors (Lipinski definition) is 2. The molecule has 0 bridgehead atoms. The van der Waals surface area contributed by atoms with E-state index in [-0.39, 0.29) is 5.91 Å². The Morgan fingerprint density at radius 3 is 3.00 bits per heavy atom. The number of H-pyrrole nitrogens is 1. The van der Waals surface area contributed by atoms with Gasteiger partial charge in [0.05, 0.1) is 5.52 Å². The van der Waals surface area contributed by atoms with Gasteiger partial charge in [-0.3, -0.25) is 14.8 Å². The van der Waals surface area contributed by atoms with Crippen LogP contribution in [0.15, 0.2) is 27.4 Å². The van der Waals surface area contributed by atoms with Gasteiger partial charge in [0.25, 0.3) is 0 Å². The molecule has 0 saturated carbocycles. The molecule has 1 heterocycles. The third-order valence-electron chi connectivity index (χ3n) is 2.51. The molecule has 6 heteroatoms. The van der Waals surface area contributed by atoms with Crippen molar-refractivity contribution >= 4 is 17.0 Å². The number of nitrogens with one attached hydrogen (secondary N) is 1. The molecule has 0 spiro atoms. The van der Waals surface area contributed by atoms with Gasteiger partial charge in [0.1, 0.15) is 0 Å². The standard InChI is InChI=1S/C11H13N3O3/c1-14(12)10(15)5-3-7-2-4-8-9(6-7)17-11(16)13-8/h2,4,6H,3,5,12H2,1H3,(H,13,16). The average Bonchev–Trinajstić information content (AvgIpc) is 2.64. The summed E-state index contributed by atoms with van der Waals surface area (Å²) < 4.78 is 4.93. The van der Waals surface area contributed by atoms with Crippen LogP contribution in [0, 0.1) is 0 Å². The number of aromatic amines is 1. The molecule has 0 atom stereocenters. The second-order valence-corrected chi connectivity index (χ2v) is 3.85. The molecule has 0 fully saturated rings. The van der Waals surface area contributed by atoms with Gasteiger partial charge >= 0.3 is 5.76 Å². The Hall–Kier alpha value is -2.08. The van der Waals surface area contributed by atoms with Gasteiger partial charge in [0.15, 0.2) is 5.58 Å². The zero-order chi connectivity index (χ0) is 12.4. The lowest BCUT2D eigenvalue weighted by Gasteiger charge is -2.09. The molecule has 0 radical (unpaired) electrons. The molecular weight excluding hydrogens is 222 g/mol. The van der Waals surface area contributed by atoms with Crippen LogP contribution in [-0.4, -0.2) is 22.9 Å². The molecule has 0 saturated heterocycles. The van der Waals surface area contributed by atoms with Gasteiger partial charge in [-0.2, -0.15) is 0 Å². The molecule has 1 amide bonds. The molecule has 2 rings (SSSR count). The molecule has 17 heavy (non-hydrogen) atoms. The van der Waals surface area contributed by atoms with Crippen LogP contribution in [0.25, 0.3) is 11.1 Å². The third-order valence-corrected chi connectivity index (χ3v) is 2.51. The molecule has 90 valence electrons. The summed E-state index contributed by atoms with van der Waals surface area (Å²) in [5, 5.41) is 1.06. The summed E-state index contributed by atoms with van der Waals surface area (Å²) >= 11 is 0. The number of fused-ring (bicyclic) bond motifs is 1. The molecule has 0 aliphatic heterocycles. The van der Waals surface area contributed by atoms with Crippen molar-refractivity contribution in [3.8, 4) is 0 Å². The number of aryl methyl sites for hydroxylation is 1. The van der Waals surface area contributed by atoms with Crippen molar-refractivity contribution in [2.75, 3.05) is 7.05 Å².